The monoisotopic (exact) mass is 466 g/mol. The van der Waals surface area contributed by atoms with Gasteiger partial charge in [0.05, 0.1) is 24.3 Å². The number of rotatable bonds is 7. The average molecular weight is 467 g/mol. The number of nitrogens with zero attached hydrogens (tertiary/aromatic N) is 4. The first-order valence-electron chi connectivity index (χ1n) is 11.7. The van der Waals surface area contributed by atoms with Gasteiger partial charge in [-0.3, -0.25) is 14.8 Å². The minimum absolute atomic E-state index is 0.329. The molecule has 0 radical (unpaired) electrons. The van der Waals surface area contributed by atoms with E-state index in [0.29, 0.717) is 5.69 Å². The first-order valence-corrected chi connectivity index (χ1v) is 12.5. The second kappa shape index (κ2) is 10.0. The molecule has 2 aromatic heterocycles. The molecule has 5 rings (SSSR count). The number of thiazole rings is 1. The van der Waals surface area contributed by atoms with E-state index in [4.69, 9.17) is 10.5 Å². The number of hydrogen-bond acceptors (Lipinski definition) is 7. The van der Waals surface area contributed by atoms with Gasteiger partial charge in [-0.2, -0.15) is 5.10 Å². The molecule has 2 aliphatic heterocycles. The summed E-state index contributed by atoms with van der Waals surface area (Å²) in [5.74, 6) is -0.503. The van der Waals surface area contributed by atoms with Crippen LogP contribution < -0.4 is 10.6 Å². The molecule has 9 heteroatoms. The van der Waals surface area contributed by atoms with E-state index in [0.717, 1.165) is 73.4 Å². The largest absolute Gasteiger partial charge is 0.379 e. The van der Waals surface area contributed by atoms with Crippen LogP contribution in [0.15, 0.2) is 30.6 Å². The second-order valence-electron chi connectivity index (χ2n) is 8.65. The molecule has 1 aromatic carbocycles. The third kappa shape index (κ3) is 4.95. The Bertz CT molecular complexity index is 1080. The maximum absolute atomic E-state index is 12.3. The summed E-state index contributed by atoms with van der Waals surface area (Å²) in [6.45, 7) is 6.71. The standard InChI is InChI=1S/C24H30N6O2S/c25-23(31)21-22(33-24(28-21)18-15-26-27-16-18)19-5-4-17(6-9-29-10-12-32-13-11-29)14-20(19)30-7-2-1-3-8-30/h4-5,14-16H,1-3,6-13H2,(H2,25,31)(H,26,27). The molecule has 0 atom stereocenters. The van der Waals surface area contributed by atoms with Gasteiger partial charge in [0.25, 0.3) is 5.91 Å². The molecule has 4 heterocycles. The molecule has 174 valence electrons. The molecule has 2 aliphatic rings. The Morgan fingerprint density at radius 2 is 1.97 bits per heavy atom. The fourth-order valence-electron chi connectivity index (χ4n) is 4.59. The Kier molecular flexibility index (Phi) is 6.70. The van der Waals surface area contributed by atoms with Gasteiger partial charge < -0.3 is 15.4 Å². The van der Waals surface area contributed by atoms with Crippen molar-refractivity contribution in [1.29, 1.82) is 0 Å². The highest BCUT2D eigenvalue weighted by molar-refractivity contribution is 7.18. The Hall–Kier alpha value is -2.75. The number of piperidine rings is 1. The SMILES string of the molecule is NC(=O)c1nc(-c2cn[nH]c2)sc1-c1ccc(CCN2CCOCC2)cc1N1CCCCC1. The highest BCUT2D eigenvalue weighted by Gasteiger charge is 2.24. The van der Waals surface area contributed by atoms with Crippen LogP contribution in [0.5, 0.6) is 0 Å². The smallest absolute Gasteiger partial charge is 0.268 e. The maximum atomic E-state index is 12.3. The van der Waals surface area contributed by atoms with E-state index >= 15 is 0 Å². The number of carbonyl (C=O) groups excluding carboxylic acids is 1. The first-order chi connectivity index (χ1) is 16.2. The number of anilines is 1. The van der Waals surface area contributed by atoms with Crippen LogP contribution in [0.3, 0.4) is 0 Å². The number of amides is 1. The average Bonchev–Trinajstić information content (AvgIpc) is 3.54. The molecule has 0 aliphatic carbocycles. The molecule has 2 saturated heterocycles. The van der Waals surface area contributed by atoms with Crippen molar-refractivity contribution in [3.05, 3.63) is 41.9 Å². The zero-order valence-electron chi connectivity index (χ0n) is 18.8. The van der Waals surface area contributed by atoms with Crippen molar-refractivity contribution in [2.75, 3.05) is 50.8 Å². The summed E-state index contributed by atoms with van der Waals surface area (Å²) in [5.41, 5.74) is 10.5. The molecular weight excluding hydrogens is 436 g/mol. The lowest BCUT2D eigenvalue weighted by Crippen LogP contribution is -2.37. The summed E-state index contributed by atoms with van der Waals surface area (Å²) in [6, 6.07) is 6.64. The highest BCUT2D eigenvalue weighted by atomic mass is 32.1. The number of ether oxygens (including phenoxy) is 1. The van der Waals surface area contributed by atoms with Gasteiger partial charge in [0.15, 0.2) is 0 Å². The zero-order valence-corrected chi connectivity index (χ0v) is 19.6. The summed E-state index contributed by atoms with van der Waals surface area (Å²) in [7, 11) is 0. The van der Waals surface area contributed by atoms with E-state index < -0.39 is 5.91 Å². The Morgan fingerprint density at radius 1 is 1.15 bits per heavy atom. The number of primary amides is 1. The van der Waals surface area contributed by atoms with Crippen LogP contribution in [0.25, 0.3) is 21.0 Å². The third-order valence-corrected chi connectivity index (χ3v) is 7.57. The van der Waals surface area contributed by atoms with Crippen LogP contribution in [0, 0.1) is 0 Å². The molecule has 3 N–H and O–H groups in total. The number of benzene rings is 1. The number of morpholine rings is 1. The van der Waals surface area contributed by atoms with E-state index in [1.807, 2.05) is 0 Å². The lowest BCUT2D eigenvalue weighted by atomic mass is 10.0. The normalized spacial score (nSPS) is 17.4. The van der Waals surface area contributed by atoms with Gasteiger partial charge >= 0.3 is 0 Å². The summed E-state index contributed by atoms with van der Waals surface area (Å²) in [4.78, 5) is 22.7. The number of aromatic amines is 1. The lowest BCUT2D eigenvalue weighted by molar-refractivity contribution is 0.0384. The highest BCUT2D eigenvalue weighted by Crippen LogP contribution is 2.41. The van der Waals surface area contributed by atoms with Crippen LogP contribution in [-0.4, -0.2) is 71.9 Å². The number of carbonyl (C=O) groups is 1. The number of hydrogen-bond donors (Lipinski definition) is 2. The van der Waals surface area contributed by atoms with Gasteiger partial charge in [-0.15, -0.1) is 11.3 Å². The Morgan fingerprint density at radius 3 is 2.70 bits per heavy atom. The topological polar surface area (TPSA) is 100 Å². The van der Waals surface area contributed by atoms with Crippen molar-refractivity contribution in [1.82, 2.24) is 20.1 Å². The fourth-order valence-corrected chi connectivity index (χ4v) is 5.68. The van der Waals surface area contributed by atoms with E-state index in [9.17, 15) is 4.79 Å². The third-order valence-electron chi connectivity index (χ3n) is 6.43. The van der Waals surface area contributed by atoms with Crippen molar-refractivity contribution in [3.8, 4) is 21.0 Å². The minimum Gasteiger partial charge on any atom is -0.379 e. The number of nitrogens with one attached hydrogen (secondary N) is 1. The Labute approximate surface area is 197 Å². The van der Waals surface area contributed by atoms with Gasteiger partial charge in [0, 0.05) is 55.7 Å². The maximum Gasteiger partial charge on any atom is 0.268 e. The van der Waals surface area contributed by atoms with Crippen LogP contribution in [0.4, 0.5) is 5.69 Å². The van der Waals surface area contributed by atoms with Gasteiger partial charge in [-0.1, -0.05) is 12.1 Å². The number of nitrogens with two attached hydrogens (primary N) is 1. The van der Waals surface area contributed by atoms with Crippen molar-refractivity contribution < 1.29 is 9.53 Å². The van der Waals surface area contributed by atoms with Crippen LogP contribution in [0.2, 0.25) is 0 Å². The summed E-state index contributed by atoms with van der Waals surface area (Å²) in [6.07, 6.45) is 8.13. The zero-order chi connectivity index (χ0) is 22.6. The number of aromatic nitrogens is 3. The fraction of sp³-hybridized carbons (Fsp3) is 0.458. The molecule has 2 fully saturated rings. The predicted molar refractivity (Wildman–Crippen MR) is 131 cm³/mol. The van der Waals surface area contributed by atoms with E-state index in [-0.39, 0.29) is 0 Å². The molecule has 0 unspecified atom stereocenters. The van der Waals surface area contributed by atoms with E-state index in [2.05, 4.69) is 43.2 Å². The molecule has 1 amide bonds. The van der Waals surface area contributed by atoms with Crippen molar-refractivity contribution >= 4 is 22.9 Å². The summed E-state index contributed by atoms with van der Waals surface area (Å²) >= 11 is 1.50. The van der Waals surface area contributed by atoms with Crippen LogP contribution in [0.1, 0.15) is 35.3 Å². The molecule has 0 spiro atoms. The van der Waals surface area contributed by atoms with Crippen LogP contribution in [-0.2, 0) is 11.2 Å². The molecule has 0 saturated carbocycles. The molecule has 8 nitrogen and oxygen atoms in total. The lowest BCUT2D eigenvalue weighted by Gasteiger charge is -2.31. The van der Waals surface area contributed by atoms with Gasteiger partial charge in [-0.05, 0) is 37.3 Å². The van der Waals surface area contributed by atoms with Crippen molar-refractivity contribution in [2.45, 2.75) is 25.7 Å². The van der Waals surface area contributed by atoms with Gasteiger partial charge in [0.1, 0.15) is 10.7 Å². The predicted octanol–water partition coefficient (Wildman–Crippen LogP) is 3.16. The molecule has 33 heavy (non-hydrogen) atoms. The molecule has 3 aromatic rings. The van der Waals surface area contributed by atoms with Gasteiger partial charge in [0.2, 0.25) is 0 Å². The molecule has 0 bridgehead atoms. The summed E-state index contributed by atoms with van der Waals surface area (Å²) in [5, 5.41) is 7.58. The Balaban J connectivity index is 1.50. The number of H-pyrrole nitrogens is 1. The second-order valence-corrected chi connectivity index (χ2v) is 9.65. The van der Waals surface area contributed by atoms with Crippen LogP contribution >= 0.6 is 11.3 Å². The van der Waals surface area contributed by atoms with E-state index in [1.54, 1.807) is 12.4 Å². The quantitative estimate of drug-likeness (QED) is 0.555. The first kappa shape index (κ1) is 22.1. The minimum atomic E-state index is -0.503. The van der Waals surface area contributed by atoms with E-state index in [1.165, 1.54) is 41.9 Å². The van der Waals surface area contributed by atoms with Gasteiger partial charge in [-0.25, -0.2) is 4.98 Å². The van der Waals surface area contributed by atoms with Crippen molar-refractivity contribution in [3.63, 3.8) is 0 Å². The van der Waals surface area contributed by atoms with Crippen molar-refractivity contribution in [2.24, 2.45) is 5.73 Å². The molecular formula is C24H30N6O2S. The summed E-state index contributed by atoms with van der Waals surface area (Å²) < 4.78 is 5.48.